The topological polar surface area (TPSA) is 32.5 Å². The minimum Gasteiger partial charge on any atom is -0.327 e. The van der Waals surface area contributed by atoms with Crippen LogP contribution in [0.5, 0.6) is 0 Å². The van der Waals surface area contributed by atoms with Crippen LogP contribution in [0.15, 0.2) is 0 Å². The van der Waals surface area contributed by atoms with Crippen LogP contribution in [-0.4, -0.2) is 55.6 Å². The number of hydrogen-bond acceptors (Lipinski definition) is 3. The zero-order valence-corrected chi connectivity index (χ0v) is 10.6. The van der Waals surface area contributed by atoms with Crippen LogP contribution in [0.2, 0.25) is 0 Å². The SMILES string of the molecule is CCCC(N)CN1CCC(N(C)C)CC1. The first-order valence-electron chi connectivity index (χ1n) is 6.27. The van der Waals surface area contributed by atoms with Gasteiger partial charge in [-0.25, -0.2) is 0 Å². The maximum absolute atomic E-state index is 6.06. The molecule has 0 aromatic carbocycles. The van der Waals surface area contributed by atoms with Crippen molar-refractivity contribution < 1.29 is 0 Å². The first kappa shape index (κ1) is 12.9. The van der Waals surface area contributed by atoms with Crippen molar-refractivity contribution in [2.45, 2.75) is 44.7 Å². The lowest BCUT2D eigenvalue weighted by Gasteiger charge is -2.36. The van der Waals surface area contributed by atoms with Gasteiger partial charge in [-0.15, -0.1) is 0 Å². The van der Waals surface area contributed by atoms with Crippen LogP contribution < -0.4 is 5.73 Å². The summed E-state index contributed by atoms with van der Waals surface area (Å²) in [7, 11) is 4.37. The summed E-state index contributed by atoms with van der Waals surface area (Å²) in [6.45, 7) is 5.74. The van der Waals surface area contributed by atoms with Gasteiger partial charge >= 0.3 is 0 Å². The summed E-state index contributed by atoms with van der Waals surface area (Å²) >= 11 is 0. The van der Waals surface area contributed by atoms with Crippen molar-refractivity contribution in [1.82, 2.24) is 9.80 Å². The third-order valence-electron chi connectivity index (χ3n) is 3.44. The standard InChI is InChI=1S/C12H27N3/c1-4-5-11(13)10-15-8-6-12(7-9-15)14(2)3/h11-12H,4-10,13H2,1-3H3. The molecule has 0 bridgehead atoms. The van der Waals surface area contributed by atoms with Gasteiger partial charge in [0.25, 0.3) is 0 Å². The van der Waals surface area contributed by atoms with E-state index in [-0.39, 0.29) is 0 Å². The Morgan fingerprint density at radius 2 is 1.93 bits per heavy atom. The molecule has 0 aromatic heterocycles. The largest absolute Gasteiger partial charge is 0.327 e. The molecule has 0 spiro atoms. The second-order valence-electron chi connectivity index (χ2n) is 5.04. The van der Waals surface area contributed by atoms with Crippen LogP contribution in [0.4, 0.5) is 0 Å². The summed E-state index contributed by atoms with van der Waals surface area (Å²) in [6, 6.07) is 1.16. The van der Waals surface area contributed by atoms with E-state index in [0.29, 0.717) is 6.04 Å². The number of nitrogens with zero attached hydrogens (tertiary/aromatic N) is 2. The molecule has 90 valence electrons. The molecular formula is C12H27N3. The van der Waals surface area contributed by atoms with E-state index in [2.05, 4.69) is 30.8 Å². The molecule has 1 atom stereocenters. The van der Waals surface area contributed by atoms with Crippen LogP contribution in [0.25, 0.3) is 0 Å². The van der Waals surface area contributed by atoms with Gasteiger partial charge in [-0.05, 0) is 46.4 Å². The average molecular weight is 213 g/mol. The minimum absolute atomic E-state index is 0.380. The molecule has 1 aliphatic heterocycles. The van der Waals surface area contributed by atoms with Gasteiger partial charge in [0.2, 0.25) is 0 Å². The second-order valence-corrected chi connectivity index (χ2v) is 5.04. The van der Waals surface area contributed by atoms with E-state index in [1.807, 2.05) is 0 Å². The summed E-state index contributed by atoms with van der Waals surface area (Å²) in [5.74, 6) is 0. The number of piperidine rings is 1. The second kappa shape index (κ2) is 6.46. The zero-order valence-electron chi connectivity index (χ0n) is 10.6. The average Bonchev–Trinajstić information content (AvgIpc) is 2.18. The van der Waals surface area contributed by atoms with E-state index in [0.717, 1.165) is 19.0 Å². The van der Waals surface area contributed by atoms with Crippen molar-refractivity contribution in [3.05, 3.63) is 0 Å². The number of likely N-dealkylation sites (tertiary alicyclic amines) is 1. The summed E-state index contributed by atoms with van der Waals surface area (Å²) in [5.41, 5.74) is 6.06. The lowest BCUT2D eigenvalue weighted by Crippen LogP contribution is -2.46. The molecule has 3 heteroatoms. The Labute approximate surface area is 94.6 Å². The maximum atomic E-state index is 6.06. The fourth-order valence-electron chi connectivity index (χ4n) is 2.41. The fraction of sp³-hybridized carbons (Fsp3) is 1.00. The Morgan fingerprint density at radius 3 is 2.40 bits per heavy atom. The van der Waals surface area contributed by atoms with Gasteiger partial charge < -0.3 is 15.5 Å². The first-order valence-corrected chi connectivity index (χ1v) is 6.27. The number of hydrogen-bond donors (Lipinski definition) is 1. The molecule has 2 N–H and O–H groups in total. The quantitative estimate of drug-likeness (QED) is 0.743. The van der Waals surface area contributed by atoms with Crippen molar-refractivity contribution in [2.75, 3.05) is 33.7 Å². The van der Waals surface area contributed by atoms with Crippen molar-refractivity contribution >= 4 is 0 Å². The Kier molecular flexibility index (Phi) is 5.58. The van der Waals surface area contributed by atoms with E-state index < -0.39 is 0 Å². The lowest BCUT2D eigenvalue weighted by atomic mass is 10.0. The van der Waals surface area contributed by atoms with Gasteiger partial charge in [0.05, 0.1) is 0 Å². The van der Waals surface area contributed by atoms with E-state index in [1.165, 1.54) is 32.4 Å². The number of nitrogens with two attached hydrogens (primary N) is 1. The van der Waals surface area contributed by atoms with E-state index >= 15 is 0 Å². The lowest BCUT2D eigenvalue weighted by molar-refractivity contribution is 0.138. The van der Waals surface area contributed by atoms with Gasteiger partial charge in [-0.2, -0.15) is 0 Å². The highest BCUT2D eigenvalue weighted by Crippen LogP contribution is 2.14. The monoisotopic (exact) mass is 213 g/mol. The summed E-state index contributed by atoms with van der Waals surface area (Å²) in [6.07, 6.45) is 4.96. The molecule has 1 heterocycles. The molecular weight excluding hydrogens is 186 g/mol. The molecule has 0 amide bonds. The highest BCUT2D eigenvalue weighted by atomic mass is 15.2. The molecule has 0 aromatic rings. The van der Waals surface area contributed by atoms with Gasteiger partial charge in [-0.1, -0.05) is 13.3 Å². The summed E-state index contributed by atoms with van der Waals surface area (Å²) in [4.78, 5) is 4.88. The first-order chi connectivity index (χ1) is 7.13. The van der Waals surface area contributed by atoms with Gasteiger partial charge in [-0.3, -0.25) is 0 Å². The molecule has 3 nitrogen and oxygen atoms in total. The van der Waals surface area contributed by atoms with Crippen LogP contribution in [0.3, 0.4) is 0 Å². The van der Waals surface area contributed by atoms with Crippen molar-refractivity contribution in [1.29, 1.82) is 0 Å². The van der Waals surface area contributed by atoms with Gasteiger partial charge in [0.15, 0.2) is 0 Å². The summed E-state index contributed by atoms with van der Waals surface area (Å²) in [5, 5.41) is 0. The molecule has 1 saturated heterocycles. The zero-order chi connectivity index (χ0) is 11.3. The highest BCUT2D eigenvalue weighted by Gasteiger charge is 2.21. The third-order valence-corrected chi connectivity index (χ3v) is 3.44. The molecule has 0 aliphatic carbocycles. The van der Waals surface area contributed by atoms with Crippen LogP contribution >= 0.6 is 0 Å². The Hall–Kier alpha value is -0.120. The van der Waals surface area contributed by atoms with Crippen molar-refractivity contribution in [3.63, 3.8) is 0 Å². The normalized spacial score (nSPS) is 22.2. The van der Waals surface area contributed by atoms with E-state index in [9.17, 15) is 0 Å². The Morgan fingerprint density at radius 1 is 1.33 bits per heavy atom. The van der Waals surface area contributed by atoms with Crippen molar-refractivity contribution in [2.24, 2.45) is 5.73 Å². The summed E-state index contributed by atoms with van der Waals surface area (Å²) < 4.78 is 0. The van der Waals surface area contributed by atoms with E-state index in [1.54, 1.807) is 0 Å². The van der Waals surface area contributed by atoms with Crippen LogP contribution in [0.1, 0.15) is 32.6 Å². The van der Waals surface area contributed by atoms with Gasteiger partial charge in [0.1, 0.15) is 0 Å². The highest BCUT2D eigenvalue weighted by molar-refractivity contribution is 4.79. The molecule has 1 unspecified atom stereocenters. The predicted molar refractivity (Wildman–Crippen MR) is 66.0 cm³/mol. The maximum Gasteiger partial charge on any atom is 0.0167 e. The smallest absolute Gasteiger partial charge is 0.0167 e. The third kappa shape index (κ3) is 4.49. The van der Waals surface area contributed by atoms with Gasteiger partial charge in [0, 0.05) is 18.6 Å². The number of rotatable bonds is 5. The van der Waals surface area contributed by atoms with E-state index in [4.69, 9.17) is 5.73 Å². The molecule has 1 fully saturated rings. The Balaban J connectivity index is 2.19. The molecule has 0 radical (unpaired) electrons. The molecule has 1 rings (SSSR count). The predicted octanol–water partition coefficient (Wildman–Crippen LogP) is 1.14. The fourth-order valence-corrected chi connectivity index (χ4v) is 2.41. The minimum atomic E-state index is 0.380. The molecule has 15 heavy (non-hydrogen) atoms. The van der Waals surface area contributed by atoms with Crippen LogP contribution in [-0.2, 0) is 0 Å². The Bertz CT molecular complexity index is 162. The van der Waals surface area contributed by atoms with Crippen molar-refractivity contribution in [3.8, 4) is 0 Å². The molecule has 0 saturated carbocycles. The molecule has 1 aliphatic rings. The van der Waals surface area contributed by atoms with Crippen LogP contribution in [0, 0.1) is 0 Å².